The van der Waals surface area contributed by atoms with Gasteiger partial charge >= 0.3 is 5.97 Å². The highest BCUT2D eigenvalue weighted by molar-refractivity contribution is 5.81. The van der Waals surface area contributed by atoms with Gasteiger partial charge in [0.15, 0.2) is 0 Å². The Morgan fingerprint density at radius 2 is 1.82 bits per heavy atom. The summed E-state index contributed by atoms with van der Waals surface area (Å²) in [5.74, 6) is 2.29. The van der Waals surface area contributed by atoms with Crippen molar-refractivity contribution in [3.63, 3.8) is 0 Å². The molecule has 0 amide bonds. The highest BCUT2D eigenvalue weighted by atomic mass is 16.6. The van der Waals surface area contributed by atoms with Gasteiger partial charge in [-0.05, 0) is 57.3 Å². The summed E-state index contributed by atoms with van der Waals surface area (Å²) in [5.41, 5.74) is -0.172. The smallest absolute Gasteiger partial charge is 0.330 e. The van der Waals surface area contributed by atoms with E-state index in [1.807, 2.05) is 0 Å². The second-order valence-corrected chi connectivity index (χ2v) is 8.48. The van der Waals surface area contributed by atoms with Gasteiger partial charge in [0.25, 0.3) is 0 Å². The molecule has 3 saturated carbocycles. The van der Waals surface area contributed by atoms with E-state index in [0.29, 0.717) is 0 Å². The number of rotatable bonds is 3. The lowest BCUT2D eigenvalue weighted by Gasteiger charge is -2.59. The van der Waals surface area contributed by atoms with Crippen LogP contribution in [0.5, 0.6) is 0 Å². The molecule has 3 fully saturated rings. The molecule has 3 aliphatic rings. The number of carbonyl (C=O) groups is 1. The molecule has 2 nitrogen and oxygen atoms in total. The molecule has 0 aromatic heterocycles. The fraction of sp³-hybridized carbons (Fsp3) is 0.850. The van der Waals surface area contributed by atoms with Crippen molar-refractivity contribution in [3.8, 4) is 0 Å². The van der Waals surface area contributed by atoms with Crippen molar-refractivity contribution in [2.75, 3.05) is 0 Å². The zero-order valence-corrected chi connectivity index (χ0v) is 14.4. The molecule has 0 unspecified atom stereocenters. The average Bonchev–Trinajstić information content (AvgIpc) is 2.52. The van der Waals surface area contributed by atoms with Crippen LogP contribution < -0.4 is 0 Å². The van der Waals surface area contributed by atoms with E-state index in [4.69, 9.17) is 4.74 Å². The first-order valence-corrected chi connectivity index (χ1v) is 9.34. The summed E-state index contributed by atoms with van der Waals surface area (Å²) in [6.45, 7) is 7.91. The third kappa shape index (κ3) is 2.63. The van der Waals surface area contributed by atoms with E-state index in [9.17, 15) is 4.79 Å². The third-order valence-electron chi connectivity index (χ3n) is 7.21. The Morgan fingerprint density at radius 3 is 2.55 bits per heavy atom. The molecule has 2 heteroatoms. The fourth-order valence-electron chi connectivity index (χ4n) is 6.05. The minimum Gasteiger partial charge on any atom is -0.456 e. The average molecular weight is 304 g/mol. The Balaban J connectivity index is 1.88. The monoisotopic (exact) mass is 304 g/mol. The molecule has 0 aromatic carbocycles. The highest BCUT2D eigenvalue weighted by Gasteiger charge is 2.57. The Morgan fingerprint density at radius 1 is 1.14 bits per heavy atom. The molecule has 0 saturated heterocycles. The maximum Gasteiger partial charge on any atom is 0.330 e. The largest absolute Gasteiger partial charge is 0.456 e. The Labute approximate surface area is 135 Å². The zero-order valence-electron chi connectivity index (χ0n) is 14.4. The van der Waals surface area contributed by atoms with Crippen molar-refractivity contribution in [1.29, 1.82) is 0 Å². The lowest BCUT2D eigenvalue weighted by molar-refractivity contribution is -0.192. The van der Waals surface area contributed by atoms with Crippen LogP contribution in [0, 0.1) is 23.2 Å². The third-order valence-corrected chi connectivity index (χ3v) is 7.21. The van der Waals surface area contributed by atoms with Crippen molar-refractivity contribution in [3.05, 3.63) is 12.7 Å². The first kappa shape index (κ1) is 16.1. The molecule has 22 heavy (non-hydrogen) atoms. The normalized spacial score (nSPS) is 38.5. The van der Waals surface area contributed by atoms with Gasteiger partial charge in [-0.1, -0.05) is 45.1 Å². The molecular weight excluding hydrogens is 272 g/mol. The predicted octanol–water partition coefficient (Wildman–Crippen LogP) is 5.27. The van der Waals surface area contributed by atoms with E-state index in [1.165, 1.54) is 70.3 Å². The first-order valence-electron chi connectivity index (χ1n) is 9.34. The molecule has 0 aromatic rings. The molecule has 0 heterocycles. The molecule has 0 aliphatic heterocycles. The predicted molar refractivity (Wildman–Crippen MR) is 89.4 cm³/mol. The van der Waals surface area contributed by atoms with Crippen LogP contribution in [0.4, 0.5) is 0 Å². The SMILES string of the molecule is C=CC(=O)OC(C)(C)[C@@]12CCCC[C@H]1C[C@@H]1CCCC[C@@H]1C2. The van der Waals surface area contributed by atoms with Gasteiger partial charge in [-0.2, -0.15) is 0 Å². The van der Waals surface area contributed by atoms with Gasteiger partial charge in [-0.15, -0.1) is 0 Å². The van der Waals surface area contributed by atoms with Crippen LogP contribution in [0.1, 0.15) is 78.1 Å². The Kier molecular flexibility index (Phi) is 4.40. The molecule has 3 rings (SSSR count). The van der Waals surface area contributed by atoms with Crippen molar-refractivity contribution in [2.24, 2.45) is 23.2 Å². The zero-order chi connectivity index (χ0) is 15.8. The Bertz CT molecular complexity index is 439. The van der Waals surface area contributed by atoms with Crippen LogP contribution in [0.2, 0.25) is 0 Å². The number of carbonyl (C=O) groups excluding carboxylic acids is 1. The molecule has 3 aliphatic carbocycles. The summed E-state index contributed by atoms with van der Waals surface area (Å²) in [7, 11) is 0. The number of fused-ring (bicyclic) bond motifs is 2. The minimum atomic E-state index is -0.369. The van der Waals surface area contributed by atoms with Crippen molar-refractivity contribution < 1.29 is 9.53 Å². The van der Waals surface area contributed by atoms with Crippen LogP contribution in [-0.4, -0.2) is 11.6 Å². The van der Waals surface area contributed by atoms with Gasteiger partial charge in [-0.3, -0.25) is 0 Å². The lowest BCUT2D eigenvalue weighted by atomic mass is 9.48. The molecule has 0 N–H and O–H groups in total. The molecular formula is C20H32O2. The van der Waals surface area contributed by atoms with Crippen LogP contribution >= 0.6 is 0 Å². The molecule has 4 atom stereocenters. The van der Waals surface area contributed by atoms with E-state index in [-0.39, 0.29) is 17.0 Å². The summed E-state index contributed by atoms with van der Waals surface area (Å²) in [4.78, 5) is 11.9. The van der Waals surface area contributed by atoms with E-state index in [0.717, 1.165) is 17.8 Å². The number of hydrogen-bond donors (Lipinski definition) is 0. The summed E-state index contributed by atoms with van der Waals surface area (Å²) >= 11 is 0. The summed E-state index contributed by atoms with van der Waals surface area (Å²) < 4.78 is 5.91. The molecule has 124 valence electrons. The summed E-state index contributed by atoms with van der Waals surface area (Å²) in [5, 5.41) is 0. The first-order chi connectivity index (χ1) is 10.5. The van der Waals surface area contributed by atoms with Crippen LogP contribution in [-0.2, 0) is 9.53 Å². The van der Waals surface area contributed by atoms with Gasteiger partial charge < -0.3 is 4.74 Å². The summed E-state index contributed by atoms with van der Waals surface area (Å²) in [6, 6.07) is 0. The lowest BCUT2D eigenvalue weighted by Crippen LogP contribution is -2.57. The fourth-order valence-corrected chi connectivity index (χ4v) is 6.05. The van der Waals surface area contributed by atoms with Gasteiger partial charge in [0.2, 0.25) is 0 Å². The molecule has 0 bridgehead atoms. The van der Waals surface area contributed by atoms with E-state index in [1.54, 1.807) is 0 Å². The maximum atomic E-state index is 11.9. The van der Waals surface area contributed by atoms with Crippen molar-refractivity contribution >= 4 is 5.97 Å². The minimum absolute atomic E-state index is 0.197. The number of ether oxygens (including phenoxy) is 1. The number of esters is 1. The standard InChI is InChI=1S/C20H32O2/c1-4-18(21)22-19(2,3)20-12-8-7-11-17(20)13-15-9-5-6-10-16(15)14-20/h4,15-17H,1,5-14H2,2-3H3/t15-,16+,17-,20+/m0/s1. The van der Waals surface area contributed by atoms with Crippen LogP contribution in [0.3, 0.4) is 0 Å². The number of hydrogen-bond acceptors (Lipinski definition) is 2. The van der Waals surface area contributed by atoms with Gasteiger partial charge in [0.05, 0.1) is 0 Å². The van der Waals surface area contributed by atoms with Crippen molar-refractivity contribution in [2.45, 2.75) is 83.7 Å². The quantitative estimate of drug-likeness (QED) is 0.524. The molecule has 0 radical (unpaired) electrons. The van der Waals surface area contributed by atoms with Crippen molar-refractivity contribution in [1.82, 2.24) is 0 Å². The van der Waals surface area contributed by atoms with Crippen LogP contribution in [0.15, 0.2) is 12.7 Å². The second-order valence-electron chi connectivity index (χ2n) is 8.48. The van der Waals surface area contributed by atoms with E-state index < -0.39 is 0 Å². The van der Waals surface area contributed by atoms with Gasteiger partial charge in [0, 0.05) is 11.5 Å². The molecule has 0 spiro atoms. The van der Waals surface area contributed by atoms with Gasteiger partial charge in [0.1, 0.15) is 5.60 Å². The van der Waals surface area contributed by atoms with E-state index in [2.05, 4.69) is 20.4 Å². The maximum absolute atomic E-state index is 11.9. The van der Waals surface area contributed by atoms with E-state index >= 15 is 0 Å². The van der Waals surface area contributed by atoms with Gasteiger partial charge in [-0.25, -0.2) is 4.79 Å². The van der Waals surface area contributed by atoms with Crippen LogP contribution in [0.25, 0.3) is 0 Å². The highest BCUT2D eigenvalue weighted by Crippen LogP contribution is 2.61. The summed E-state index contributed by atoms with van der Waals surface area (Å²) in [6.07, 6.45) is 14.8. The Hall–Kier alpha value is -0.790. The second kappa shape index (κ2) is 6.02. The topological polar surface area (TPSA) is 26.3 Å².